The Labute approximate surface area is 386 Å². The lowest BCUT2D eigenvalue weighted by atomic mass is 9.84. The highest BCUT2D eigenvalue weighted by Gasteiger charge is 2.40. The van der Waals surface area contributed by atoms with E-state index in [2.05, 4.69) is 54.8 Å². The van der Waals surface area contributed by atoms with Crippen molar-refractivity contribution in [3.8, 4) is 28.1 Å². The van der Waals surface area contributed by atoms with Gasteiger partial charge in [0.15, 0.2) is 0 Å². The number of cyclic esters (lactones) is 1. The molecule has 352 valence electrons. The summed E-state index contributed by atoms with van der Waals surface area (Å²) in [5.74, 6) is -2.83. The van der Waals surface area contributed by atoms with Crippen LogP contribution in [0.15, 0.2) is 55.3 Å². The van der Waals surface area contributed by atoms with Crippen LogP contribution in [0.4, 0.5) is 0 Å². The number of carbonyl (C=O) groups excluding carboxylic acids is 5. The summed E-state index contributed by atoms with van der Waals surface area (Å²) in [6.07, 6.45) is 5.86. The zero-order chi connectivity index (χ0) is 47.2. The van der Waals surface area contributed by atoms with Gasteiger partial charge in [0, 0.05) is 75.2 Å². The second kappa shape index (κ2) is 18.7. The summed E-state index contributed by atoms with van der Waals surface area (Å²) in [5, 5.41) is 21.5. The third-order valence-corrected chi connectivity index (χ3v) is 13.9. The monoisotopic (exact) mass is 904 g/mol. The summed E-state index contributed by atoms with van der Waals surface area (Å²) >= 11 is 0. The molecule has 66 heavy (non-hydrogen) atoms. The molecule has 4 aromatic rings. The summed E-state index contributed by atoms with van der Waals surface area (Å²) < 4.78 is 16.4. The number of hydrogen-bond donors (Lipinski definition) is 3. The molecule has 0 saturated carbocycles. The van der Waals surface area contributed by atoms with Crippen LogP contribution in [0.25, 0.3) is 33.3 Å². The van der Waals surface area contributed by atoms with Crippen LogP contribution in [0, 0.1) is 17.3 Å². The van der Waals surface area contributed by atoms with Gasteiger partial charge in [-0.25, -0.2) is 5.43 Å². The van der Waals surface area contributed by atoms with E-state index < -0.39 is 47.2 Å². The maximum Gasteiger partial charge on any atom is 0.324 e. The first kappa shape index (κ1) is 46.5. The third-order valence-electron chi connectivity index (χ3n) is 13.9. The van der Waals surface area contributed by atoms with Crippen molar-refractivity contribution in [1.82, 2.24) is 39.9 Å². The van der Waals surface area contributed by atoms with Crippen LogP contribution >= 0.6 is 0 Å². The van der Waals surface area contributed by atoms with E-state index in [4.69, 9.17) is 14.6 Å². The number of nitrogens with one attached hydrogen (secondary N) is 2. The number of benzene rings is 2. The first-order valence-corrected chi connectivity index (χ1v) is 23.3. The maximum atomic E-state index is 14.7. The van der Waals surface area contributed by atoms with E-state index in [1.54, 1.807) is 31.2 Å². The lowest BCUT2D eigenvalue weighted by molar-refractivity contribution is -0.155. The van der Waals surface area contributed by atoms with Crippen LogP contribution in [-0.2, 0) is 59.4 Å². The third kappa shape index (κ3) is 8.96. The number of phenols is 1. The molecular formula is C50H64N8O8. The van der Waals surface area contributed by atoms with Crippen LogP contribution in [0.2, 0.25) is 0 Å². The zero-order valence-electron chi connectivity index (χ0n) is 39.3. The Kier molecular flexibility index (Phi) is 13.2. The zero-order valence-corrected chi connectivity index (χ0v) is 39.3. The van der Waals surface area contributed by atoms with Crippen molar-refractivity contribution in [3.05, 3.63) is 72.1 Å². The summed E-state index contributed by atoms with van der Waals surface area (Å²) in [6.45, 7) is 16.0. The Balaban J connectivity index is 1.19. The van der Waals surface area contributed by atoms with E-state index in [-0.39, 0.29) is 55.7 Å². The predicted octanol–water partition coefficient (Wildman–Crippen LogP) is 5.15. The molecule has 8 rings (SSSR count). The number of aromatic nitrogens is 3. The molecule has 4 aliphatic rings. The number of fused-ring (bicyclic) bond motifs is 7. The van der Waals surface area contributed by atoms with Gasteiger partial charge >= 0.3 is 5.97 Å². The van der Waals surface area contributed by atoms with Crippen LogP contribution in [-0.4, -0.2) is 122 Å². The SMILES string of the molecule is C=CC(=O)N1CC[C@H](C(=O)N(C)[C@H](C(=O)N[C@H]2Cc3cc(O)cc(c3)-c3ccc4c(c3)c(c(-c3cnn5c3[C@@H](OC)CC5)n4CC)CC(C)(C)COC(=O)[C@@H]3CCCN(N3)C2=O)C(C)C)C1. The lowest BCUT2D eigenvalue weighted by Gasteiger charge is -2.37. The minimum atomic E-state index is -1.16. The summed E-state index contributed by atoms with van der Waals surface area (Å²) in [7, 11) is 3.32. The van der Waals surface area contributed by atoms with Crippen LogP contribution < -0.4 is 10.7 Å². The first-order valence-electron chi connectivity index (χ1n) is 23.3. The van der Waals surface area contributed by atoms with Crippen molar-refractivity contribution < 1.29 is 38.6 Å². The number of aromatic hydroxyl groups is 1. The highest BCUT2D eigenvalue weighted by atomic mass is 16.5. The Hall–Kier alpha value is -6.00. The van der Waals surface area contributed by atoms with Crippen molar-refractivity contribution in [1.29, 1.82) is 0 Å². The molecule has 2 fully saturated rings. The second-order valence-corrected chi connectivity index (χ2v) is 19.5. The van der Waals surface area contributed by atoms with Crippen LogP contribution in [0.5, 0.6) is 5.75 Å². The molecule has 0 unspecified atom stereocenters. The van der Waals surface area contributed by atoms with Gasteiger partial charge in [0.2, 0.25) is 17.7 Å². The Morgan fingerprint density at radius 1 is 1.09 bits per heavy atom. The standard InChI is InChI=1S/C50H64N8O8/c1-9-42(60)55-18-15-32(27-55)47(62)54(7)43(29(3)4)46(61)52-39-22-30-20-33(23-34(59)21-30)31-13-14-40-35(24-31)36(44(56(40)10-2)37-26-51-57-19-16-41(65-8)45(37)57)25-50(5,6)28-66-49(64)38-12-11-17-58(53-38)48(39)63/h9,13-14,20-21,23-24,26,29,32,38-39,41,43,53,59H,1,10-12,15-19,22,25,27-28H2,2-8H3,(H,52,61)/t32-,38-,39-,41-,43-/m0/s1. The van der Waals surface area contributed by atoms with E-state index >= 15 is 0 Å². The number of methoxy groups -OCH3 is 1. The molecule has 6 heterocycles. The molecule has 4 aliphatic heterocycles. The van der Waals surface area contributed by atoms with Gasteiger partial charge in [-0.3, -0.25) is 33.7 Å². The largest absolute Gasteiger partial charge is 0.508 e. The molecule has 2 aromatic carbocycles. The van der Waals surface area contributed by atoms with Crippen LogP contribution in [0.3, 0.4) is 0 Å². The molecule has 4 amide bonds. The average molecular weight is 905 g/mol. The van der Waals surface area contributed by atoms with Gasteiger partial charge in [0.25, 0.3) is 5.91 Å². The molecule has 5 atom stereocenters. The van der Waals surface area contributed by atoms with Gasteiger partial charge in [-0.15, -0.1) is 0 Å². The maximum absolute atomic E-state index is 14.7. The highest BCUT2D eigenvalue weighted by Crippen LogP contribution is 2.44. The van der Waals surface area contributed by atoms with Crippen LogP contribution in [0.1, 0.15) is 83.2 Å². The molecule has 16 nitrogen and oxygen atoms in total. The fourth-order valence-corrected chi connectivity index (χ4v) is 10.6. The molecule has 16 heteroatoms. The minimum absolute atomic E-state index is 0.00549. The summed E-state index contributed by atoms with van der Waals surface area (Å²) in [4.78, 5) is 72.4. The van der Waals surface area contributed by atoms with E-state index in [9.17, 15) is 29.1 Å². The fraction of sp³-hybridized carbons (Fsp3) is 0.520. The molecule has 2 aromatic heterocycles. The topological polar surface area (TPSA) is 181 Å². The molecule has 3 N–H and O–H groups in total. The van der Waals surface area contributed by atoms with E-state index in [1.165, 1.54) is 16.0 Å². The van der Waals surface area contributed by atoms with Gasteiger partial charge in [0.05, 0.1) is 30.1 Å². The number of aryl methyl sites for hydroxylation is 2. The van der Waals surface area contributed by atoms with Gasteiger partial charge in [0.1, 0.15) is 30.0 Å². The molecular weight excluding hydrogens is 841 g/mol. The summed E-state index contributed by atoms with van der Waals surface area (Å²) in [6, 6.07) is 8.58. The van der Waals surface area contributed by atoms with Crippen molar-refractivity contribution >= 4 is 40.5 Å². The number of carbonyl (C=O) groups is 5. The predicted molar refractivity (Wildman–Crippen MR) is 249 cm³/mol. The van der Waals surface area contributed by atoms with Crippen molar-refractivity contribution in [3.63, 3.8) is 0 Å². The molecule has 6 bridgehead atoms. The summed E-state index contributed by atoms with van der Waals surface area (Å²) in [5.41, 5.74) is 9.96. The minimum Gasteiger partial charge on any atom is -0.508 e. The van der Waals surface area contributed by atoms with E-state index in [0.29, 0.717) is 44.3 Å². The van der Waals surface area contributed by atoms with Gasteiger partial charge in [-0.2, -0.15) is 5.10 Å². The Morgan fingerprint density at radius 3 is 2.61 bits per heavy atom. The number of phenolic OH excluding ortho intramolecular Hbond substituents is 1. The van der Waals surface area contributed by atoms with Gasteiger partial charge < -0.3 is 34.3 Å². The van der Waals surface area contributed by atoms with Gasteiger partial charge in [-0.05, 0) is 97.5 Å². The average Bonchev–Trinajstić information content (AvgIpc) is 4.10. The number of ether oxygens (including phenoxy) is 2. The van der Waals surface area contributed by atoms with Crippen molar-refractivity contribution in [2.24, 2.45) is 17.3 Å². The van der Waals surface area contributed by atoms with Gasteiger partial charge in [-0.1, -0.05) is 46.4 Å². The number of hydrazine groups is 1. The van der Waals surface area contributed by atoms with Crippen molar-refractivity contribution in [2.75, 3.05) is 40.4 Å². The molecule has 0 spiro atoms. The number of likely N-dealkylation sites (tertiary alicyclic amines) is 1. The smallest absolute Gasteiger partial charge is 0.324 e. The van der Waals surface area contributed by atoms with E-state index in [0.717, 1.165) is 57.5 Å². The highest BCUT2D eigenvalue weighted by molar-refractivity contribution is 5.96. The quantitative estimate of drug-likeness (QED) is 0.150. The first-order chi connectivity index (χ1) is 31.5. The number of hydrogen-bond acceptors (Lipinski definition) is 10. The second-order valence-electron chi connectivity index (χ2n) is 19.5. The number of likely N-dealkylation sites (N-methyl/N-ethyl adjacent to an activating group) is 1. The Morgan fingerprint density at radius 2 is 1.88 bits per heavy atom. The molecule has 2 saturated heterocycles. The molecule has 0 radical (unpaired) electrons. The number of amides is 4. The van der Waals surface area contributed by atoms with Crippen molar-refractivity contribution in [2.45, 2.75) is 110 Å². The fourth-order valence-electron chi connectivity index (χ4n) is 10.6. The number of nitrogens with zero attached hydrogens (tertiary/aromatic N) is 6. The Bertz CT molecular complexity index is 2560. The van der Waals surface area contributed by atoms with E-state index in [1.807, 2.05) is 36.9 Å². The molecule has 0 aliphatic carbocycles. The number of esters is 1. The normalized spacial score (nSPS) is 22.5. The number of rotatable bonds is 9. The lowest BCUT2D eigenvalue weighted by Crippen LogP contribution is -2.62.